The highest BCUT2D eigenvalue weighted by molar-refractivity contribution is 5.30. The van der Waals surface area contributed by atoms with Crippen molar-refractivity contribution in [3.05, 3.63) is 35.4 Å². The molecule has 0 amide bonds. The maximum absolute atomic E-state index is 12.9. The van der Waals surface area contributed by atoms with Crippen LogP contribution in [0.25, 0.3) is 0 Å². The molecule has 19 heavy (non-hydrogen) atoms. The van der Waals surface area contributed by atoms with Gasteiger partial charge in [-0.3, -0.25) is 0 Å². The summed E-state index contributed by atoms with van der Waals surface area (Å²) in [4.78, 5) is 0. The number of rotatable bonds is 7. The number of hydrogen-bond donors (Lipinski definition) is 1. The van der Waals surface area contributed by atoms with Gasteiger partial charge in [0.15, 0.2) is 0 Å². The molecular formula is C14H20F3NO. The number of hydrogen-bond acceptors (Lipinski definition) is 2. The second kappa shape index (κ2) is 7.50. The second-order valence-electron chi connectivity index (χ2n) is 4.47. The Morgan fingerprint density at radius 2 is 1.95 bits per heavy atom. The molecule has 0 saturated heterocycles. The first kappa shape index (κ1) is 16.0. The lowest BCUT2D eigenvalue weighted by molar-refractivity contribution is -0.138. The summed E-state index contributed by atoms with van der Waals surface area (Å²) < 4.78 is 43.7. The highest BCUT2D eigenvalue weighted by Crippen LogP contribution is 2.32. The van der Waals surface area contributed by atoms with Gasteiger partial charge in [-0.1, -0.05) is 25.1 Å². The molecule has 1 aromatic rings. The molecule has 0 radical (unpaired) electrons. The minimum atomic E-state index is -4.31. The van der Waals surface area contributed by atoms with Gasteiger partial charge in [-0.15, -0.1) is 0 Å². The predicted molar refractivity (Wildman–Crippen MR) is 69.1 cm³/mol. The van der Waals surface area contributed by atoms with Crippen LogP contribution < -0.4 is 5.32 Å². The largest absolute Gasteiger partial charge is 0.416 e. The molecule has 0 aliphatic rings. The Morgan fingerprint density at radius 3 is 2.53 bits per heavy atom. The molecular weight excluding hydrogens is 255 g/mol. The number of halogens is 3. The van der Waals surface area contributed by atoms with E-state index in [0.29, 0.717) is 18.6 Å². The van der Waals surface area contributed by atoms with Gasteiger partial charge in [-0.25, -0.2) is 0 Å². The normalized spacial score (nSPS) is 13.5. The van der Waals surface area contributed by atoms with Gasteiger partial charge in [0.25, 0.3) is 0 Å². The van der Waals surface area contributed by atoms with Crippen LogP contribution in [0.5, 0.6) is 0 Å². The number of nitrogens with one attached hydrogen (secondary N) is 1. The van der Waals surface area contributed by atoms with Crippen molar-refractivity contribution < 1.29 is 17.9 Å². The van der Waals surface area contributed by atoms with E-state index in [-0.39, 0.29) is 6.04 Å². The monoisotopic (exact) mass is 275 g/mol. The Labute approximate surface area is 112 Å². The van der Waals surface area contributed by atoms with Gasteiger partial charge in [0, 0.05) is 13.2 Å². The number of ether oxygens (including phenoxy) is 1. The lowest BCUT2D eigenvalue weighted by atomic mass is 10.00. The lowest BCUT2D eigenvalue weighted by Crippen LogP contribution is -2.36. The van der Waals surface area contributed by atoms with E-state index in [1.165, 1.54) is 12.1 Å². The van der Waals surface area contributed by atoms with Crippen molar-refractivity contribution in [2.24, 2.45) is 0 Å². The van der Waals surface area contributed by atoms with Crippen LogP contribution in [0.4, 0.5) is 13.2 Å². The van der Waals surface area contributed by atoms with Gasteiger partial charge in [-0.05, 0) is 31.0 Å². The highest BCUT2D eigenvalue weighted by Gasteiger charge is 2.33. The smallest absolute Gasteiger partial charge is 0.383 e. The average molecular weight is 275 g/mol. The van der Waals surface area contributed by atoms with E-state index in [0.717, 1.165) is 19.0 Å². The first-order valence-electron chi connectivity index (χ1n) is 6.36. The SMILES string of the molecule is CCCNC(COC)Cc1ccccc1C(F)(F)F. The number of methoxy groups -OCH3 is 1. The molecule has 5 heteroatoms. The molecule has 0 heterocycles. The van der Waals surface area contributed by atoms with Crippen molar-refractivity contribution in [3.63, 3.8) is 0 Å². The van der Waals surface area contributed by atoms with E-state index < -0.39 is 11.7 Å². The summed E-state index contributed by atoms with van der Waals surface area (Å²) in [5.74, 6) is 0. The van der Waals surface area contributed by atoms with Crippen LogP contribution in [0.2, 0.25) is 0 Å². The Hall–Kier alpha value is -1.07. The molecule has 1 rings (SSSR count). The van der Waals surface area contributed by atoms with Crippen LogP contribution >= 0.6 is 0 Å². The summed E-state index contributed by atoms with van der Waals surface area (Å²) in [6.45, 7) is 3.18. The summed E-state index contributed by atoms with van der Waals surface area (Å²) in [5, 5.41) is 3.21. The molecule has 108 valence electrons. The van der Waals surface area contributed by atoms with E-state index in [2.05, 4.69) is 5.32 Å². The third-order valence-corrected chi connectivity index (χ3v) is 2.84. The molecule has 1 atom stereocenters. The van der Waals surface area contributed by atoms with Crippen molar-refractivity contribution in [1.82, 2.24) is 5.32 Å². The van der Waals surface area contributed by atoms with E-state index >= 15 is 0 Å². The highest BCUT2D eigenvalue weighted by atomic mass is 19.4. The van der Waals surface area contributed by atoms with Crippen LogP contribution in [0, 0.1) is 0 Å². The second-order valence-corrected chi connectivity index (χ2v) is 4.47. The van der Waals surface area contributed by atoms with Crippen molar-refractivity contribution >= 4 is 0 Å². The minimum Gasteiger partial charge on any atom is -0.383 e. The molecule has 1 unspecified atom stereocenters. The van der Waals surface area contributed by atoms with Crippen LogP contribution in [0.15, 0.2) is 24.3 Å². The first-order chi connectivity index (χ1) is 8.99. The predicted octanol–water partition coefficient (Wildman–Crippen LogP) is 3.26. The Kier molecular flexibility index (Phi) is 6.31. The third kappa shape index (κ3) is 5.20. The van der Waals surface area contributed by atoms with Gasteiger partial charge in [0.1, 0.15) is 0 Å². The van der Waals surface area contributed by atoms with E-state index in [1.54, 1.807) is 13.2 Å². The Bertz CT molecular complexity index is 379. The summed E-state index contributed by atoms with van der Waals surface area (Å²) in [7, 11) is 1.55. The quantitative estimate of drug-likeness (QED) is 0.824. The maximum Gasteiger partial charge on any atom is 0.416 e. The summed E-state index contributed by atoms with van der Waals surface area (Å²) in [6, 6.07) is 5.59. The maximum atomic E-state index is 12.9. The molecule has 0 aromatic heterocycles. The van der Waals surface area contributed by atoms with Gasteiger partial charge in [0.2, 0.25) is 0 Å². The third-order valence-electron chi connectivity index (χ3n) is 2.84. The van der Waals surface area contributed by atoms with E-state index in [4.69, 9.17) is 4.74 Å². The van der Waals surface area contributed by atoms with Crippen molar-refractivity contribution in [2.75, 3.05) is 20.3 Å². The Balaban J connectivity index is 2.83. The zero-order valence-corrected chi connectivity index (χ0v) is 11.3. The van der Waals surface area contributed by atoms with E-state index in [1.807, 2.05) is 6.92 Å². The average Bonchev–Trinajstić information content (AvgIpc) is 2.35. The summed E-state index contributed by atoms with van der Waals surface area (Å²) >= 11 is 0. The standard InChI is InChI=1S/C14H20F3NO/c1-3-8-18-12(10-19-2)9-11-6-4-5-7-13(11)14(15,16)17/h4-7,12,18H,3,8-10H2,1-2H3. The van der Waals surface area contributed by atoms with Gasteiger partial charge < -0.3 is 10.1 Å². The summed E-state index contributed by atoms with van der Waals surface area (Å²) in [5.41, 5.74) is -0.255. The number of alkyl halides is 3. The molecule has 0 bridgehead atoms. The van der Waals surface area contributed by atoms with Crippen molar-refractivity contribution in [1.29, 1.82) is 0 Å². The lowest BCUT2D eigenvalue weighted by Gasteiger charge is -2.20. The van der Waals surface area contributed by atoms with Crippen molar-refractivity contribution in [3.8, 4) is 0 Å². The van der Waals surface area contributed by atoms with Crippen LogP contribution in [-0.2, 0) is 17.3 Å². The molecule has 1 aromatic carbocycles. The fourth-order valence-electron chi connectivity index (χ4n) is 1.98. The number of benzene rings is 1. The first-order valence-corrected chi connectivity index (χ1v) is 6.36. The molecule has 0 saturated carbocycles. The van der Waals surface area contributed by atoms with Crippen molar-refractivity contribution in [2.45, 2.75) is 32.0 Å². The van der Waals surface area contributed by atoms with Crippen LogP contribution in [0.3, 0.4) is 0 Å². The zero-order valence-electron chi connectivity index (χ0n) is 11.3. The molecule has 0 aliphatic heterocycles. The van der Waals surface area contributed by atoms with Crippen LogP contribution in [-0.4, -0.2) is 26.3 Å². The van der Waals surface area contributed by atoms with E-state index in [9.17, 15) is 13.2 Å². The molecule has 0 fully saturated rings. The van der Waals surface area contributed by atoms with Gasteiger partial charge >= 0.3 is 6.18 Å². The zero-order chi connectivity index (χ0) is 14.3. The minimum absolute atomic E-state index is 0.103. The molecule has 2 nitrogen and oxygen atoms in total. The molecule has 0 spiro atoms. The van der Waals surface area contributed by atoms with Gasteiger partial charge in [0.05, 0.1) is 12.2 Å². The molecule has 1 N–H and O–H groups in total. The fraction of sp³-hybridized carbons (Fsp3) is 0.571. The molecule has 0 aliphatic carbocycles. The topological polar surface area (TPSA) is 21.3 Å². The van der Waals surface area contributed by atoms with Gasteiger partial charge in [-0.2, -0.15) is 13.2 Å². The summed E-state index contributed by atoms with van der Waals surface area (Å²) in [6.07, 6.45) is -3.07. The fourth-order valence-corrected chi connectivity index (χ4v) is 1.98. The van der Waals surface area contributed by atoms with Crippen LogP contribution in [0.1, 0.15) is 24.5 Å². The Morgan fingerprint density at radius 1 is 1.26 bits per heavy atom.